The highest BCUT2D eigenvalue weighted by Crippen LogP contribution is 2.20. The van der Waals surface area contributed by atoms with E-state index in [1.54, 1.807) is 12.3 Å². The van der Waals surface area contributed by atoms with Crippen molar-refractivity contribution in [3.63, 3.8) is 0 Å². The van der Waals surface area contributed by atoms with Gasteiger partial charge >= 0.3 is 0 Å². The van der Waals surface area contributed by atoms with Crippen molar-refractivity contribution < 1.29 is 4.74 Å². The van der Waals surface area contributed by atoms with E-state index in [0.717, 1.165) is 42.2 Å². The van der Waals surface area contributed by atoms with Crippen LogP contribution in [0.15, 0.2) is 35.3 Å². The first-order valence-electron chi connectivity index (χ1n) is 10.6. The highest BCUT2D eigenvalue weighted by atomic mass is 16.5. The smallest absolute Gasteiger partial charge is 0.258 e. The van der Waals surface area contributed by atoms with Crippen molar-refractivity contribution in [3.8, 4) is 5.75 Å². The Kier molecular flexibility index (Phi) is 6.40. The molecule has 3 N–H and O–H groups in total. The molecule has 7 nitrogen and oxygen atoms in total. The maximum absolute atomic E-state index is 12.6. The van der Waals surface area contributed by atoms with Crippen molar-refractivity contribution in [2.24, 2.45) is 5.92 Å². The molecular weight excluding hydrogens is 378 g/mol. The van der Waals surface area contributed by atoms with E-state index < -0.39 is 0 Å². The van der Waals surface area contributed by atoms with Gasteiger partial charge in [-0.15, -0.1) is 0 Å². The van der Waals surface area contributed by atoms with Crippen LogP contribution in [0.2, 0.25) is 0 Å². The molecular formula is C23H29N5O2. The fourth-order valence-electron chi connectivity index (χ4n) is 3.85. The molecule has 1 fully saturated rings. The van der Waals surface area contributed by atoms with Crippen LogP contribution in [0.1, 0.15) is 35.5 Å². The number of piperidine rings is 1. The zero-order valence-electron chi connectivity index (χ0n) is 17.6. The number of nitrogens with zero attached hydrogens (tertiary/aromatic N) is 2. The van der Waals surface area contributed by atoms with Crippen LogP contribution in [0, 0.1) is 19.8 Å². The number of H-pyrrole nitrogens is 1. The second-order valence-corrected chi connectivity index (χ2v) is 8.05. The number of pyridine rings is 1. The number of hydrogen-bond donors (Lipinski definition) is 3. The molecule has 0 atom stereocenters. The van der Waals surface area contributed by atoms with E-state index >= 15 is 0 Å². The van der Waals surface area contributed by atoms with Crippen molar-refractivity contribution >= 4 is 10.9 Å². The molecule has 7 heteroatoms. The van der Waals surface area contributed by atoms with Gasteiger partial charge in [0, 0.05) is 12.7 Å². The predicted octanol–water partition coefficient (Wildman–Crippen LogP) is 2.60. The van der Waals surface area contributed by atoms with Crippen molar-refractivity contribution in [1.29, 1.82) is 0 Å². The summed E-state index contributed by atoms with van der Waals surface area (Å²) in [5, 5.41) is 7.44. The Balaban J connectivity index is 1.50. The second-order valence-electron chi connectivity index (χ2n) is 8.05. The normalized spacial score (nSPS) is 14.9. The summed E-state index contributed by atoms with van der Waals surface area (Å²) < 4.78 is 5.93. The van der Waals surface area contributed by atoms with Crippen LogP contribution >= 0.6 is 0 Å². The summed E-state index contributed by atoms with van der Waals surface area (Å²) in [4.78, 5) is 24.6. The molecule has 0 bridgehead atoms. The van der Waals surface area contributed by atoms with Gasteiger partial charge in [0.15, 0.2) is 0 Å². The van der Waals surface area contributed by atoms with Crippen molar-refractivity contribution in [2.45, 2.75) is 39.8 Å². The highest BCUT2D eigenvalue weighted by Gasteiger charge is 2.14. The van der Waals surface area contributed by atoms with E-state index in [1.165, 1.54) is 12.8 Å². The molecule has 30 heavy (non-hydrogen) atoms. The SMILES string of the molecule is Cc1ccc(C)c(OCc2nc3c(CNCC4CCNCC4)nccc3c(=O)[nH]2)c1. The Morgan fingerprint density at radius 2 is 2.03 bits per heavy atom. The third-order valence-electron chi connectivity index (χ3n) is 5.64. The number of hydrogen-bond acceptors (Lipinski definition) is 6. The molecule has 158 valence electrons. The molecule has 3 heterocycles. The van der Waals surface area contributed by atoms with Gasteiger partial charge in [0.1, 0.15) is 23.7 Å². The Morgan fingerprint density at radius 3 is 2.87 bits per heavy atom. The molecule has 1 aliphatic heterocycles. The molecule has 0 amide bonds. The van der Waals surface area contributed by atoms with Crippen LogP contribution in [0.5, 0.6) is 5.75 Å². The first-order chi connectivity index (χ1) is 14.6. The number of aromatic amines is 1. The average Bonchev–Trinajstić information content (AvgIpc) is 2.75. The number of fused-ring (bicyclic) bond motifs is 1. The zero-order chi connectivity index (χ0) is 20.9. The van der Waals surface area contributed by atoms with Crippen molar-refractivity contribution in [3.05, 3.63) is 63.5 Å². The number of ether oxygens (including phenoxy) is 1. The van der Waals surface area contributed by atoms with Gasteiger partial charge in [-0.1, -0.05) is 12.1 Å². The summed E-state index contributed by atoms with van der Waals surface area (Å²) in [6.07, 6.45) is 4.05. The van der Waals surface area contributed by atoms with E-state index in [2.05, 4.69) is 25.6 Å². The molecule has 3 aromatic rings. The highest BCUT2D eigenvalue weighted by molar-refractivity contribution is 5.79. The van der Waals surface area contributed by atoms with Crippen LogP contribution in [0.3, 0.4) is 0 Å². The molecule has 0 spiro atoms. The summed E-state index contributed by atoms with van der Waals surface area (Å²) in [5.41, 5.74) is 3.44. The van der Waals surface area contributed by atoms with Gasteiger partial charge in [-0.05, 0) is 75.5 Å². The predicted molar refractivity (Wildman–Crippen MR) is 118 cm³/mol. The van der Waals surface area contributed by atoms with E-state index in [4.69, 9.17) is 4.74 Å². The minimum atomic E-state index is -0.165. The summed E-state index contributed by atoms with van der Waals surface area (Å²) in [7, 11) is 0. The van der Waals surface area contributed by atoms with E-state index in [1.807, 2.05) is 32.0 Å². The molecule has 1 aliphatic rings. The van der Waals surface area contributed by atoms with Gasteiger partial charge in [-0.3, -0.25) is 9.78 Å². The van der Waals surface area contributed by atoms with Crippen molar-refractivity contribution in [2.75, 3.05) is 19.6 Å². The van der Waals surface area contributed by atoms with E-state index in [9.17, 15) is 4.79 Å². The van der Waals surface area contributed by atoms with E-state index in [-0.39, 0.29) is 12.2 Å². The average molecular weight is 408 g/mol. The number of aromatic nitrogens is 3. The fraction of sp³-hybridized carbons (Fsp3) is 0.435. The van der Waals surface area contributed by atoms with Crippen LogP contribution in [0.4, 0.5) is 0 Å². The quantitative estimate of drug-likeness (QED) is 0.558. The first-order valence-corrected chi connectivity index (χ1v) is 10.6. The topological polar surface area (TPSA) is 91.9 Å². The number of rotatable bonds is 7. The summed E-state index contributed by atoms with van der Waals surface area (Å²) in [6, 6.07) is 7.78. The molecule has 2 aromatic heterocycles. The summed E-state index contributed by atoms with van der Waals surface area (Å²) in [6.45, 7) is 7.94. The van der Waals surface area contributed by atoms with Crippen LogP contribution in [-0.4, -0.2) is 34.6 Å². The lowest BCUT2D eigenvalue weighted by molar-refractivity contribution is 0.294. The largest absolute Gasteiger partial charge is 0.485 e. The number of benzene rings is 1. The lowest BCUT2D eigenvalue weighted by atomic mass is 9.98. The van der Waals surface area contributed by atoms with Gasteiger partial charge in [-0.2, -0.15) is 0 Å². The Morgan fingerprint density at radius 1 is 1.20 bits per heavy atom. The third kappa shape index (κ3) is 4.86. The van der Waals surface area contributed by atoms with Crippen LogP contribution in [-0.2, 0) is 13.2 Å². The second kappa shape index (κ2) is 9.36. The molecule has 0 saturated carbocycles. The first kappa shape index (κ1) is 20.5. The Bertz CT molecular complexity index is 1070. The maximum atomic E-state index is 12.6. The number of nitrogens with one attached hydrogen (secondary N) is 3. The van der Waals surface area contributed by atoms with E-state index in [0.29, 0.717) is 29.2 Å². The minimum absolute atomic E-state index is 0.165. The molecule has 1 saturated heterocycles. The Labute approximate surface area is 176 Å². The van der Waals surface area contributed by atoms with Gasteiger partial charge in [0.05, 0.1) is 11.1 Å². The van der Waals surface area contributed by atoms with Gasteiger partial charge in [0.25, 0.3) is 5.56 Å². The van der Waals surface area contributed by atoms with Crippen LogP contribution in [0.25, 0.3) is 10.9 Å². The lowest BCUT2D eigenvalue weighted by Crippen LogP contribution is -2.33. The monoisotopic (exact) mass is 407 g/mol. The van der Waals surface area contributed by atoms with Gasteiger partial charge in [-0.25, -0.2) is 4.98 Å². The summed E-state index contributed by atoms with van der Waals surface area (Å²) >= 11 is 0. The Hall–Kier alpha value is -2.77. The zero-order valence-corrected chi connectivity index (χ0v) is 17.6. The third-order valence-corrected chi connectivity index (χ3v) is 5.64. The van der Waals surface area contributed by atoms with Crippen molar-refractivity contribution in [1.82, 2.24) is 25.6 Å². The molecule has 0 radical (unpaired) electrons. The molecule has 4 rings (SSSR count). The van der Waals surface area contributed by atoms with Crippen LogP contribution < -0.4 is 20.9 Å². The number of aryl methyl sites for hydroxylation is 2. The maximum Gasteiger partial charge on any atom is 0.258 e. The fourth-order valence-corrected chi connectivity index (χ4v) is 3.85. The molecule has 1 aromatic carbocycles. The molecule has 0 aliphatic carbocycles. The van der Waals surface area contributed by atoms with Gasteiger partial charge < -0.3 is 20.4 Å². The lowest BCUT2D eigenvalue weighted by Gasteiger charge is -2.22. The minimum Gasteiger partial charge on any atom is -0.485 e. The molecule has 0 unspecified atom stereocenters. The summed E-state index contributed by atoms with van der Waals surface area (Å²) in [5.74, 6) is 1.98. The van der Waals surface area contributed by atoms with Gasteiger partial charge in [0.2, 0.25) is 0 Å². The standard InChI is InChI=1S/C23H29N5O2/c1-15-3-4-16(2)20(11-15)30-14-21-27-22-18(23(29)28-21)7-10-26-19(22)13-25-12-17-5-8-24-9-6-17/h3-4,7,10-11,17,24-25H,5-6,8-9,12-14H2,1-2H3,(H,27,28,29).